The number of methoxy groups -OCH3 is 1. The lowest BCUT2D eigenvalue weighted by atomic mass is 9.95. The van der Waals surface area contributed by atoms with Crippen LogP contribution in [-0.4, -0.2) is 57.0 Å². The van der Waals surface area contributed by atoms with Gasteiger partial charge in [0.1, 0.15) is 11.4 Å². The summed E-state index contributed by atoms with van der Waals surface area (Å²) in [6, 6.07) is 11.5. The Hall–Kier alpha value is -4.12. The third-order valence-electron chi connectivity index (χ3n) is 8.12. The Labute approximate surface area is 246 Å². The average Bonchev–Trinajstić information content (AvgIpc) is 3.37. The summed E-state index contributed by atoms with van der Waals surface area (Å²) in [5.74, 6) is -0.626. The van der Waals surface area contributed by atoms with Crippen LogP contribution in [0, 0.1) is 12.7 Å². The van der Waals surface area contributed by atoms with Crippen molar-refractivity contribution in [2.45, 2.75) is 31.9 Å². The fraction of sp³-hybridized carbons (Fsp3) is 0.290. The molecule has 1 fully saturated rings. The van der Waals surface area contributed by atoms with E-state index in [1.807, 2.05) is 6.07 Å². The van der Waals surface area contributed by atoms with Gasteiger partial charge in [0.15, 0.2) is 0 Å². The number of anilines is 1. The highest BCUT2D eigenvalue weighted by Gasteiger charge is 2.38. The molecule has 1 amide bonds. The van der Waals surface area contributed by atoms with Gasteiger partial charge in [-0.3, -0.25) is 14.5 Å². The molecule has 2 aromatic carbocycles. The van der Waals surface area contributed by atoms with E-state index < -0.39 is 17.3 Å². The summed E-state index contributed by atoms with van der Waals surface area (Å²) < 4.78 is 22.2. The van der Waals surface area contributed by atoms with Crippen molar-refractivity contribution in [2.75, 3.05) is 25.5 Å². The van der Waals surface area contributed by atoms with Crippen molar-refractivity contribution in [1.82, 2.24) is 19.7 Å². The molecule has 42 heavy (non-hydrogen) atoms. The number of nitrogens with zero attached hydrogens (tertiary/aromatic N) is 4. The van der Waals surface area contributed by atoms with E-state index in [0.717, 1.165) is 28.7 Å². The first-order valence-electron chi connectivity index (χ1n) is 13.6. The second kappa shape index (κ2) is 10.9. The van der Waals surface area contributed by atoms with Crippen molar-refractivity contribution >= 4 is 23.2 Å². The molecule has 9 nitrogen and oxygen atoms in total. The van der Waals surface area contributed by atoms with Crippen LogP contribution in [-0.2, 0) is 13.5 Å². The fourth-order valence-corrected chi connectivity index (χ4v) is 6.24. The number of β-amino-alcohol motifs (C(OH)–C–C–N with tert-alkyl or cyclic N) is 1. The Kier molecular flexibility index (Phi) is 7.30. The summed E-state index contributed by atoms with van der Waals surface area (Å²) in [4.78, 5) is 32.3. The SMILES string of the molecule is COc1nc(-c2ccc(F)c(-c3cccc(NC(=O)c4ccnn(C)c4=O)c3C)c2Cl)cc2c1C(N1CC(O)C1)CC2. The molecule has 1 unspecified atom stereocenters. The minimum absolute atomic E-state index is 0.0623. The number of carbonyl (C=O) groups is 1. The summed E-state index contributed by atoms with van der Waals surface area (Å²) in [5, 5.41) is 16.6. The smallest absolute Gasteiger partial charge is 0.279 e. The van der Waals surface area contributed by atoms with Crippen LogP contribution in [0.2, 0.25) is 5.02 Å². The molecule has 216 valence electrons. The summed E-state index contributed by atoms with van der Waals surface area (Å²) >= 11 is 6.93. The van der Waals surface area contributed by atoms with E-state index >= 15 is 4.39 Å². The fourth-order valence-electron chi connectivity index (χ4n) is 5.89. The van der Waals surface area contributed by atoms with Crippen LogP contribution in [0.5, 0.6) is 5.88 Å². The molecule has 1 atom stereocenters. The second-order valence-corrected chi connectivity index (χ2v) is 11.0. The number of aryl methyl sites for hydroxylation is 2. The highest BCUT2D eigenvalue weighted by Crippen LogP contribution is 2.46. The molecule has 0 bridgehead atoms. The zero-order chi connectivity index (χ0) is 29.7. The van der Waals surface area contributed by atoms with E-state index in [2.05, 4.69) is 15.3 Å². The molecular formula is C31H29ClFN5O4. The number of halogens is 2. The van der Waals surface area contributed by atoms with Gasteiger partial charge in [-0.05, 0) is 66.8 Å². The number of aromatic nitrogens is 3. The summed E-state index contributed by atoms with van der Waals surface area (Å²) in [6.07, 6.45) is 2.79. The number of rotatable bonds is 6. The van der Waals surface area contributed by atoms with Crippen molar-refractivity contribution in [3.8, 4) is 28.3 Å². The minimum atomic E-state index is -0.598. The van der Waals surface area contributed by atoms with Gasteiger partial charge in [0.2, 0.25) is 5.88 Å². The largest absolute Gasteiger partial charge is 0.481 e. The molecule has 0 radical (unpaired) electrons. The number of fused-ring (bicyclic) bond motifs is 1. The number of aliphatic hydroxyl groups excluding tert-OH is 1. The highest BCUT2D eigenvalue weighted by atomic mass is 35.5. The van der Waals surface area contributed by atoms with Crippen LogP contribution >= 0.6 is 11.6 Å². The normalized spacial score (nSPS) is 16.7. The van der Waals surface area contributed by atoms with Crippen molar-refractivity contribution in [2.24, 2.45) is 7.05 Å². The predicted molar refractivity (Wildman–Crippen MR) is 157 cm³/mol. The van der Waals surface area contributed by atoms with E-state index in [4.69, 9.17) is 21.3 Å². The van der Waals surface area contributed by atoms with Crippen molar-refractivity contribution in [3.63, 3.8) is 0 Å². The van der Waals surface area contributed by atoms with Gasteiger partial charge in [0.05, 0.1) is 23.9 Å². The maximum absolute atomic E-state index is 15.5. The number of amides is 1. The van der Waals surface area contributed by atoms with Gasteiger partial charge >= 0.3 is 0 Å². The van der Waals surface area contributed by atoms with Crippen LogP contribution in [0.3, 0.4) is 0 Å². The molecule has 0 saturated carbocycles. The lowest BCUT2D eigenvalue weighted by Gasteiger charge is -2.40. The number of aliphatic hydroxyl groups is 1. The molecule has 11 heteroatoms. The maximum Gasteiger partial charge on any atom is 0.279 e. The van der Waals surface area contributed by atoms with Gasteiger partial charge < -0.3 is 15.2 Å². The Bertz CT molecular complexity index is 1790. The summed E-state index contributed by atoms with van der Waals surface area (Å²) in [6.45, 7) is 3.00. The van der Waals surface area contributed by atoms with E-state index in [-0.39, 0.29) is 28.3 Å². The lowest BCUT2D eigenvalue weighted by molar-refractivity contribution is -0.0256. The number of ether oxygens (including phenoxy) is 1. The van der Waals surface area contributed by atoms with Gasteiger partial charge in [0.25, 0.3) is 11.5 Å². The summed E-state index contributed by atoms with van der Waals surface area (Å²) in [5.41, 5.74) is 4.29. The van der Waals surface area contributed by atoms with E-state index in [0.29, 0.717) is 47.0 Å². The Morgan fingerprint density at radius 3 is 2.71 bits per heavy atom. The molecule has 1 aliphatic heterocycles. The number of hydrogen-bond donors (Lipinski definition) is 2. The number of hydrogen-bond acceptors (Lipinski definition) is 7. The first-order chi connectivity index (χ1) is 20.2. The molecule has 4 aromatic rings. The molecule has 1 saturated heterocycles. The van der Waals surface area contributed by atoms with E-state index in [9.17, 15) is 14.7 Å². The first kappa shape index (κ1) is 28.0. The number of likely N-dealkylation sites (tertiary alicyclic amines) is 1. The Balaban J connectivity index is 1.37. The van der Waals surface area contributed by atoms with Crippen LogP contribution in [0.4, 0.5) is 10.1 Å². The van der Waals surface area contributed by atoms with Gasteiger partial charge in [-0.25, -0.2) is 14.1 Å². The van der Waals surface area contributed by atoms with Gasteiger partial charge in [-0.1, -0.05) is 23.7 Å². The molecule has 1 aliphatic carbocycles. The van der Waals surface area contributed by atoms with E-state index in [1.165, 1.54) is 25.4 Å². The monoisotopic (exact) mass is 589 g/mol. The van der Waals surface area contributed by atoms with Crippen LogP contribution in [0.1, 0.15) is 39.5 Å². The Morgan fingerprint density at radius 2 is 1.98 bits per heavy atom. The number of carbonyl (C=O) groups excluding carboxylic acids is 1. The number of pyridine rings is 1. The van der Waals surface area contributed by atoms with Gasteiger partial charge in [-0.2, -0.15) is 5.10 Å². The van der Waals surface area contributed by atoms with Gasteiger partial charge in [-0.15, -0.1) is 0 Å². The standard InChI is InChI=1S/C31H29ClFN5O4/c1-16-19(5-4-6-23(16)35-29(40)21-11-12-34-37(2)31(21)41)27-22(33)9-8-20(28(27)32)24-13-17-7-10-25(38-14-18(39)15-38)26(17)30(36-24)42-3/h4-6,8-9,11-13,18,25,39H,7,10,14-15H2,1-3H3,(H,35,40). The quantitative estimate of drug-likeness (QED) is 0.340. The van der Waals surface area contributed by atoms with Crippen molar-refractivity contribution < 1.29 is 19.0 Å². The third kappa shape index (κ3) is 4.75. The molecule has 3 heterocycles. The molecule has 6 rings (SSSR count). The highest BCUT2D eigenvalue weighted by molar-refractivity contribution is 6.36. The molecule has 2 aliphatic rings. The number of benzene rings is 2. The predicted octanol–water partition coefficient (Wildman–Crippen LogP) is 4.53. The van der Waals surface area contributed by atoms with Crippen molar-refractivity contribution in [1.29, 1.82) is 0 Å². The number of nitrogens with one attached hydrogen (secondary N) is 1. The maximum atomic E-state index is 15.5. The zero-order valence-corrected chi connectivity index (χ0v) is 24.1. The Morgan fingerprint density at radius 1 is 1.19 bits per heavy atom. The summed E-state index contributed by atoms with van der Waals surface area (Å²) in [7, 11) is 3.04. The third-order valence-corrected chi connectivity index (χ3v) is 8.52. The minimum Gasteiger partial charge on any atom is -0.481 e. The van der Waals surface area contributed by atoms with Crippen LogP contribution in [0.15, 0.2) is 53.5 Å². The van der Waals surface area contributed by atoms with Crippen LogP contribution in [0.25, 0.3) is 22.4 Å². The van der Waals surface area contributed by atoms with Crippen LogP contribution < -0.4 is 15.6 Å². The first-order valence-corrected chi connectivity index (χ1v) is 14.0. The van der Waals surface area contributed by atoms with Gasteiger partial charge in [0, 0.05) is 54.8 Å². The second-order valence-electron chi connectivity index (χ2n) is 10.6. The zero-order valence-electron chi connectivity index (χ0n) is 23.3. The molecular weight excluding hydrogens is 561 g/mol. The molecule has 2 aromatic heterocycles. The molecule has 0 spiro atoms. The topological polar surface area (TPSA) is 110 Å². The molecule has 2 N–H and O–H groups in total. The average molecular weight is 590 g/mol. The van der Waals surface area contributed by atoms with Crippen molar-refractivity contribution in [3.05, 3.63) is 92.1 Å². The van der Waals surface area contributed by atoms with E-state index in [1.54, 1.807) is 38.3 Å². The lowest BCUT2D eigenvalue weighted by Crippen LogP contribution is -2.51.